The highest BCUT2D eigenvalue weighted by atomic mass is 32.2. The molecule has 15 heteroatoms. The third-order valence-electron chi connectivity index (χ3n) is 4.30. The Labute approximate surface area is 188 Å². The number of fused-ring (bicyclic) bond motifs is 1. The number of carboxylic acid groups (broad SMARTS) is 1. The lowest BCUT2D eigenvalue weighted by atomic mass is 10.1. The number of aromatic nitrogens is 3. The van der Waals surface area contributed by atoms with E-state index in [0.717, 1.165) is 16.5 Å². The molecule has 0 atom stereocenters. The Balaban J connectivity index is 0.000000509. The molecule has 0 aliphatic heterocycles. The summed E-state index contributed by atoms with van der Waals surface area (Å²) in [4.78, 5) is 21.4. The van der Waals surface area contributed by atoms with Gasteiger partial charge < -0.3 is 10.8 Å². The molecule has 184 valence electrons. The fraction of sp³-hybridized carbons (Fsp3) is 0.211. The predicted octanol–water partition coefficient (Wildman–Crippen LogP) is 2.31. The molecular weight excluding hydrogens is 491 g/mol. The monoisotopic (exact) mass is 508 g/mol. The van der Waals surface area contributed by atoms with Crippen molar-refractivity contribution in [3.63, 3.8) is 0 Å². The summed E-state index contributed by atoms with van der Waals surface area (Å²) in [7, 11) is -3.30. The number of carbonyl (C=O) groups is 1. The number of benzene rings is 1. The van der Waals surface area contributed by atoms with Gasteiger partial charge >= 0.3 is 17.8 Å². The van der Waals surface area contributed by atoms with E-state index in [1.54, 1.807) is 24.3 Å². The lowest BCUT2D eigenvalue weighted by Crippen LogP contribution is -2.24. The number of rotatable bonds is 5. The van der Waals surface area contributed by atoms with Crippen molar-refractivity contribution in [2.75, 3.05) is 12.8 Å². The first-order valence-corrected chi connectivity index (χ1v) is 11.0. The van der Waals surface area contributed by atoms with Gasteiger partial charge in [-0.05, 0) is 35.4 Å². The van der Waals surface area contributed by atoms with Crippen LogP contribution < -0.4 is 11.4 Å². The van der Waals surface area contributed by atoms with Crippen molar-refractivity contribution in [3.05, 3.63) is 64.7 Å². The summed E-state index contributed by atoms with van der Waals surface area (Å²) in [5.74, 6) is -2.76. The zero-order valence-corrected chi connectivity index (χ0v) is 18.1. The maximum absolute atomic E-state index is 12.8. The van der Waals surface area contributed by atoms with Crippen LogP contribution in [0.1, 0.15) is 0 Å². The summed E-state index contributed by atoms with van der Waals surface area (Å²) < 4.78 is 82.5. The van der Waals surface area contributed by atoms with Gasteiger partial charge in [0.25, 0.3) is 6.08 Å². The molecule has 2 aromatic heterocycles. The molecule has 0 unspecified atom stereocenters. The number of alkyl halides is 3. The molecule has 0 spiro atoms. The predicted molar refractivity (Wildman–Crippen MR) is 110 cm³/mol. The molecular formula is C19H17F5N4O5S. The molecule has 0 amide bonds. The molecule has 1 aromatic carbocycles. The Morgan fingerprint density at radius 3 is 2.12 bits per heavy atom. The van der Waals surface area contributed by atoms with Crippen LogP contribution in [0.5, 0.6) is 0 Å². The van der Waals surface area contributed by atoms with Crippen molar-refractivity contribution in [1.82, 2.24) is 14.2 Å². The van der Waals surface area contributed by atoms with E-state index in [4.69, 9.17) is 15.6 Å². The van der Waals surface area contributed by atoms with Crippen molar-refractivity contribution < 1.29 is 40.3 Å². The van der Waals surface area contributed by atoms with E-state index in [0.29, 0.717) is 5.56 Å². The van der Waals surface area contributed by atoms with E-state index < -0.39 is 40.3 Å². The van der Waals surface area contributed by atoms with Gasteiger partial charge in [0.2, 0.25) is 0 Å². The topological polar surface area (TPSA) is 137 Å². The average molecular weight is 508 g/mol. The minimum absolute atomic E-state index is 0.196. The lowest BCUT2D eigenvalue weighted by Gasteiger charge is -2.03. The van der Waals surface area contributed by atoms with Crippen LogP contribution in [0.25, 0.3) is 16.8 Å². The van der Waals surface area contributed by atoms with Gasteiger partial charge in [-0.2, -0.15) is 22.0 Å². The number of hydrogen-bond donors (Lipinski definition) is 2. The molecule has 0 fully saturated rings. The highest BCUT2D eigenvalue weighted by Crippen LogP contribution is 2.22. The van der Waals surface area contributed by atoms with Crippen molar-refractivity contribution in [1.29, 1.82) is 0 Å². The van der Waals surface area contributed by atoms with Crippen LogP contribution in [0.15, 0.2) is 63.9 Å². The summed E-state index contributed by atoms with van der Waals surface area (Å²) in [5.41, 5.74) is 6.06. The maximum Gasteiger partial charge on any atom is 0.490 e. The van der Waals surface area contributed by atoms with Crippen LogP contribution in [0.2, 0.25) is 0 Å². The van der Waals surface area contributed by atoms with Crippen LogP contribution in [0, 0.1) is 0 Å². The van der Waals surface area contributed by atoms with Crippen LogP contribution in [0.3, 0.4) is 0 Å². The van der Waals surface area contributed by atoms with Gasteiger partial charge in [-0.15, -0.1) is 5.10 Å². The van der Waals surface area contributed by atoms with Crippen LogP contribution in [0.4, 0.5) is 22.0 Å². The van der Waals surface area contributed by atoms with Gasteiger partial charge in [-0.25, -0.2) is 22.7 Å². The number of aliphatic carboxylic acids is 1. The molecule has 0 aliphatic rings. The van der Waals surface area contributed by atoms with Gasteiger partial charge in [0.05, 0.1) is 11.4 Å². The average Bonchev–Trinajstić information content (AvgIpc) is 3.05. The van der Waals surface area contributed by atoms with E-state index in [9.17, 15) is 35.2 Å². The number of halogens is 5. The molecule has 0 saturated carbocycles. The Bertz CT molecular complexity index is 1390. The van der Waals surface area contributed by atoms with Crippen molar-refractivity contribution in [3.8, 4) is 11.1 Å². The maximum atomic E-state index is 12.8. The van der Waals surface area contributed by atoms with E-state index in [-0.39, 0.29) is 22.7 Å². The highest BCUT2D eigenvalue weighted by Gasteiger charge is 2.38. The second kappa shape index (κ2) is 10.1. The Kier molecular flexibility index (Phi) is 7.94. The van der Waals surface area contributed by atoms with E-state index in [1.807, 2.05) is 0 Å². The summed E-state index contributed by atoms with van der Waals surface area (Å²) in [5, 5.41) is 11.2. The minimum atomic E-state index is -5.08. The molecule has 34 heavy (non-hydrogen) atoms. The molecule has 0 radical (unpaired) electrons. The number of nitrogens with two attached hydrogens (primary N) is 1. The molecule has 3 rings (SSSR count). The SMILES string of the molecule is CS(=O)(=O)c1ccc(-c2ccn3c(=O)n(CC(CN)=C(F)F)nc3c2)cc1.O=C(O)C(F)(F)F. The number of hydrogen-bond acceptors (Lipinski definition) is 6. The first kappa shape index (κ1) is 26.7. The number of carboxylic acids is 1. The lowest BCUT2D eigenvalue weighted by molar-refractivity contribution is -0.192. The minimum Gasteiger partial charge on any atom is -0.475 e. The van der Waals surface area contributed by atoms with Gasteiger partial charge in [0.1, 0.15) is 0 Å². The quantitative estimate of drug-likeness (QED) is 0.505. The molecule has 0 saturated heterocycles. The van der Waals surface area contributed by atoms with Crippen LogP contribution >= 0.6 is 0 Å². The Hall–Kier alpha value is -3.59. The summed E-state index contributed by atoms with van der Waals surface area (Å²) in [6, 6.07) is 9.54. The first-order chi connectivity index (χ1) is 15.6. The normalized spacial score (nSPS) is 11.6. The first-order valence-electron chi connectivity index (χ1n) is 9.08. The van der Waals surface area contributed by atoms with Crippen molar-refractivity contribution in [2.45, 2.75) is 17.6 Å². The summed E-state index contributed by atoms with van der Waals surface area (Å²) in [6.45, 7) is -0.766. The smallest absolute Gasteiger partial charge is 0.475 e. The summed E-state index contributed by atoms with van der Waals surface area (Å²) >= 11 is 0. The van der Waals surface area contributed by atoms with Crippen LogP contribution in [-0.2, 0) is 21.2 Å². The fourth-order valence-corrected chi connectivity index (χ4v) is 3.21. The molecule has 0 bridgehead atoms. The van der Waals surface area contributed by atoms with Gasteiger partial charge in [0, 0.05) is 24.6 Å². The molecule has 9 nitrogen and oxygen atoms in total. The Morgan fingerprint density at radius 2 is 1.68 bits per heavy atom. The van der Waals surface area contributed by atoms with Crippen molar-refractivity contribution in [2.24, 2.45) is 5.73 Å². The fourth-order valence-electron chi connectivity index (χ4n) is 2.58. The number of pyridine rings is 1. The summed E-state index contributed by atoms with van der Waals surface area (Å²) in [6.07, 6.45) is -4.40. The third-order valence-corrected chi connectivity index (χ3v) is 5.43. The highest BCUT2D eigenvalue weighted by molar-refractivity contribution is 7.90. The largest absolute Gasteiger partial charge is 0.490 e. The number of sulfone groups is 1. The van der Waals surface area contributed by atoms with Gasteiger partial charge in [-0.3, -0.25) is 4.40 Å². The molecule has 3 N–H and O–H groups in total. The van der Waals surface area contributed by atoms with E-state index >= 15 is 0 Å². The van der Waals surface area contributed by atoms with Gasteiger partial charge in [0.15, 0.2) is 15.5 Å². The van der Waals surface area contributed by atoms with E-state index in [2.05, 4.69) is 5.10 Å². The second-order valence-corrected chi connectivity index (χ2v) is 8.77. The Morgan fingerprint density at radius 1 is 1.12 bits per heavy atom. The molecule has 3 aromatic rings. The van der Waals surface area contributed by atoms with Gasteiger partial charge in [-0.1, -0.05) is 12.1 Å². The van der Waals surface area contributed by atoms with E-state index in [1.165, 1.54) is 22.7 Å². The zero-order valence-electron chi connectivity index (χ0n) is 17.3. The standard InChI is InChI=1S/C17H16F2N4O3S.C2HF3O2/c1-27(25,26)14-4-2-11(3-5-14)12-6-7-22-15(8-12)21-23(17(22)24)10-13(9-20)16(18)19;3-2(4,5)1(6)7/h2-8H,9-10,20H2,1H3;(H,6,7). The van der Waals surface area contributed by atoms with Crippen LogP contribution in [-0.4, -0.2) is 52.7 Å². The molecule has 0 aliphatic carbocycles. The third kappa shape index (κ3) is 6.48. The number of nitrogens with zero attached hydrogens (tertiary/aromatic N) is 3. The zero-order chi connectivity index (χ0) is 25.8. The second-order valence-electron chi connectivity index (χ2n) is 6.75. The van der Waals surface area contributed by atoms with Crippen molar-refractivity contribution >= 4 is 21.5 Å². The molecule has 2 heterocycles.